The smallest absolute Gasteiger partial charge is 0.0462 e. The lowest BCUT2D eigenvalue weighted by Crippen LogP contribution is -2.10. The van der Waals surface area contributed by atoms with Crippen LogP contribution in [-0.4, -0.2) is 0 Å². The summed E-state index contributed by atoms with van der Waals surface area (Å²) in [6.45, 7) is 4.26. The second-order valence-corrected chi connectivity index (χ2v) is 14.0. The van der Waals surface area contributed by atoms with Gasteiger partial charge in [-0.25, -0.2) is 0 Å². The standard InChI is InChI=1S/C54H44N2/c1-41-23-31-49(32-24-41)55(47-19-11-5-12-20-47)51-35-27-45(28-36-51)54(40-39-53(43-15-7-3-8-16-43)44-17-9-4-10-18-44)46-29-37-52(38-30-46)56(48-21-13-6-14-22-48)50-33-25-42(2)26-34-50/h3-40H,1-2H3. The summed E-state index contributed by atoms with van der Waals surface area (Å²) in [6.07, 6.45) is 4.55. The maximum Gasteiger partial charge on any atom is 0.0462 e. The summed E-state index contributed by atoms with van der Waals surface area (Å²) in [5, 5.41) is 0. The topological polar surface area (TPSA) is 6.48 Å². The van der Waals surface area contributed by atoms with Crippen molar-refractivity contribution in [3.8, 4) is 0 Å². The van der Waals surface area contributed by atoms with Crippen LogP contribution in [0.4, 0.5) is 34.1 Å². The van der Waals surface area contributed by atoms with Crippen LogP contribution in [-0.2, 0) is 0 Å². The third kappa shape index (κ3) is 8.16. The zero-order valence-corrected chi connectivity index (χ0v) is 31.8. The van der Waals surface area contributed by atoms with Gasteiger partial charge in [0.2, 0.25) is 0 Å². The van der Waals surface area contributed by atoms with Crippen LogP contribution >= 0.6 is 0 Å². The Balaban J connectivity index is 1.24. The first-order valence-corrected chi connectivity index (χ1v) is 19.2. The number of anilines is 6. The van der Waals surface area contributed by atoms with Crippen LogP contribution in [0.1, 0.15) is 33.4 Å². The molecule has 0 heterocycles. The first kappa shape index (κ1) is 35.8. The molecule has 0 aliphatic heterocycles. The molecule has 0 saturated heterocycles. The maximum absolute atomic E-state index is 2.31. The Hall–Kier alpha value is -7.16. The highest BCUT2D eigenvalue weighted by atomic mass is 15.1. The van der Waals surface area contributed by atoms with Gasteiger partial charge < -0.3 is 9.80 Å². The van der Waals surface area contributed by atoms with Gasteiger partial charge in [0, 0.05) is 34.1 Å². The largest absolute Gasteiger partial charge is 0.311 e. The molecule has 0 atom stereocenters. The van der Waals surface area contributed by atoms with Gasteiger partial charge in [-0.2, -0.15) is 0 Å². The van der Waals surface area contributed by atoms with E-state index >= 15 is 0 Å². The van der Waals surface area contributed by atoms with Crippen molar-refractivity contribution in [2.24, 2.45) is 0 Å². The van der Waals surface area contributed by atoms with E-state index in [1.807, 2.05) is 0 Å². The average molecular weight is 721 g/mol. The lowest BCUT2D eigenvalue weighted by Gasteiger charge is -2.26. The van der Waals surface area contributed by atoms with Crippen molar-refractivity contribution in [2.45, 2.75) is 13.8 Å². The number of nitrogens with zero attached hydrogens (tertiary/aromatic N) is 2. The number of benzene rings is 8. The van der Waals surface area contributed by atoms with Crippen molar-refractivity contribution < 1.29 is 0 Å². The van der Waals surface area contributed by atoms with E-state index in [0.29, 0.717) is 0 Å². The highest BCUT2D eigenvalue weighted by Gasteiger charge is 2.16. The Bertz CT molecular complexity index is 2350. The molecule has 8 aromatic rings. The van der Waals surface area contributed by atoms with Crippen molar-refractivity contribution in [3.63, 3.8) is 0 Å². The first-order chi connectivity index (χ1) is 27.6. The predicted octanol–water partition coefficient (Wildman–Crippen LogP) is 14.8. The van der Waals surface area contributed by atoms with Crippen LogP contribution in [0, 0.1) is 13.8 Å². The highest BCUT2D eigenvalue weighted by molar-refractivity contribution is 5.88. The molecule has 0 unspecified atom stereocenters. The van der Waals surface area contributed by atoms with Crippen LogP contribution in [0.5, 0.6) is 0 Å². The summed E-state index contributed by atoms with van der Waals surface area (Å²) in [6, 6.07) is 77.8. The van der Waals surface area contributed by atoms with Crippen LogP contribution in [0.25, 0.3) is 11.1 Å². The molecule has 0 bridgehead atoms. The number of hydrogen-bond donors (Lipinski definition) is 0. The summed E-state index contributed by atoms with van der Waals surface area (Å²) in [7, 11) is 0. The van der Waals surface area contributed by atoms with Crippen LogP contribution in [0.3, 0.4) is 0 Å². The summed E-state index contributed by atoms with van der Waals surface area (Å²) in [5.41, 5.74) is 16.1. The molecule has 0 aromatic heterocycles. The number of allylic oxidation sites excluding steroid dienone is 2. The van der Waals surface area contributed by atoms with E-state index in [4.69, 9.17) is 0 Å². The zero-order valence-electron chi connectivity index (χ0n) is 31.8. The lowest BCUT2D eigenvalue weighted by atomic mass is 9.93. The molecular weight excluding hydrogens is 677 g/mol. The highest BCUT2D eigenvalue weighted by Crippen LogP contribution is 2.38. The Labute approximate surface area is 331 Å². The summed E-state index contributed by atoms with van der Waals surface area (Å²) >= 11 is 0. The molecule has 270 valence electrons. The van der Waals surface area contributed by atoms with Crippen LogP contribution in [0.2, 0.25) is 0 Å². The van der Waals surface area contributed by atoms with Crippen molar-refractivity contribution in [1.29, 1.82) is 0 Å². The molecule has 0 saturated carbocycles. The Kier molecular flexibility index (Phi) is 10.8. The summed E-state index contributed by atoms with van der Waals surface area (Å²) in [5.74, 6) is 0. The van der Waals surface area contributed by atoms with Gasteiger partial charge in [-0.1, -0.05) is 169 Å². The fourth-order valence-electron chi connectivity index (χ4n) is 7.14. The van der Waals surface area contributed by atoms with Gasteiger partial charge >= 0.3 is 0 Å². The third-order valence-electron chi connectivity index (χ3n) is 10.1. The lowest BCUT2D eigenvalue weighted by molar-refractivity contribution is 1.27. The fraction of sp³-hybridized carbons (Fsp3) is 0.0370. The second kappa shape index (κ2) is 16.9. The fourth-order valence-corrected chi connectivity index (χ4v) is 7.14. The molecule has 0 fully saturated rings. The monoisotopic (exact) mass is 720 g/mol. The normalized spacial score (nSPS) is 10.7. The second-order valence-electron chi connectivity index (χ2n) is 14.0. The molecule has 0 aliphatic rings. The molecular formula is C54H44N2. The molecule has 8 aromatic carbocycles. The maximum atomic E-state index is 2.31. The third-order valence-corrected chi connectivity index (χ3v) is 10.1. The predicted molar refractivity (Wildman–Crippen MR) is 239 cm³/mol. The van der Waals surface area contributed by atoms with Crippen LogP contribution < -0.4 is 9.80 Å². The molecule has 2 heteroatoms. The Morgan fingerprint density at radius 1 is 0.268 bits per heavy atom. The van der Waals surface area contributed by atoms with E-state index in [-0.39, 0.29) is 0 Å². The van der Waals surface area contributed by atoms with E-state index in [1.165, 1.54) is 27.8 Å². The van der Waals surface area contributed by atoms with Gasteiger partial charge in [-0.3, -0.25) is 0 Å². The quantitative estimate of drug-likeness (QED) is 0.123. The van der Waals surface area contributed by atoms with E-state index in [1.54, 1.807) is 0 Å². The molecule has 0 amide bonds. The number of aryl methyl sites for hydroxylation is 2. The Morgan fingerprint density at radius 2 is 0.500 bits per heavy atom. The molecule has 56 heavy (non-hydrogen) atoms. The van der Waals surface area contributed by atoms with E-state index in [0.717, 1.165) is 50.8 Å². The zero-order chi connectivity index (χ0) is 38.1. The number of hydrogen-bond acceptors (Lipinski definition) is 2. The number of rotatable bonds is 11. The molecule has 0 spiro atoms. The van der Waals surface area contributed by atoms with E-state index in [9.17, 15) is 0 Å². The Morgan fingerprint density at radius 3 is 0.804 bits per heavy atom. The molecule has 8 rings (SSSR count). The minimum atomic E-state index is 1.10. The van der Waals surface area contributed by atoms with Gasteiger partial charge in [0.15, 0.2) is 0 Å². The van der Waals surface area contributed by atoms with Gasteiger partial charge in [-0.15, -0.1) is 0 Å². The first-order valence-electron chi connectivity index (χ1n) is 19.2. The molecule has 0 N–H and O–H groups in total. The van der Waals surface area contributed by atoms with Crippen molar-refractivity contribution in [3.05, 3.63) is 264 Å². The van der Waals surface area contributed by atoms with Crippen molar-refractivity contribution in [1.82, 2.24) is 0 Å². The van der Waals surface area contributed by atoms with Gasteiger partial charge in [0.1, 0.15) is 0 Å². The minimum Gasteiger partial charge on any atom is -0.311 e. The van der Waals surface area contributed by atoms with Crippen molar-refractivity contribution in [2.75, 3.05) is 9.80 Å². The average Bonchev–Trinajstić information content (AvgIpc) is 3.26. The van der Waals surface area contributed by atoms with Gasteiger partial charge in [0.05, 0.1) is 0 Å². The molecule has 0 radical (unpaired) electrons. The summed E-state index contributed by atoms with van der Waals surface area (Å²) < 4.78 is 0. The molecule has 2 nitrogen and oxygen atoms in total. The van der Waals surface area contributed by atoms with E-state index in [2.05, 4.69) is 254 Å². The minimum absolute atomic E-state index is 1.10. The molecule has 0 aliphatic carbocycles. The van der Waals surface area contributed by atoms with Crippen LogP contribution in [0.15, 0.2) is 231 Å². The van der Waals surface area contributed by atoms with Gasteiger partial charge in [0.25, 0.3) is 0 Å². The SMILES string of the molecule is Cc1ccc(N(c2ccccc2)c2ccc(C(=CC=C(c3ccccc3)c3ccccc3)c3ccc(N(c4ccccc4)c4ccc(C)cc4)cc3)cc2)cc1. The van der Waals surface area contributed by atoms with Crippen molar-refractivity contribution >= 4 is 45.3 Å². The van der Waals surface area contributed by atoms with Gasteiger partial charge in [-0.05, 0) is 120 Å². The number of para-hydroxylation sites is 2. The summed E-state index contributed by atoms with van der Waals surface area (Å²) in [4.78, 5) is 4.63. The van der Waals surface area contributed by atoms with E-state index < -0.39 is 0 Å².